The SMILES string of the molecule is C=CCSC1(C(F)(F)F)CN(C2CC2)C(=O)Nc2ccc(Cl)cc21. The van der Waals surface area contributed by atoms with Gasteiger partial charge in [0.05, 0.1) is 6.54 Å². The minimum absolute atomic E-state index is 0.00847. The van der Waals surface area contributed by atoms with Crippen LogP contribution in [0.25, 0.3) is 0 Å². The third kappa shape index (κ3) is 2.99. The van der Waals surface area contributed by atoms with E-state index in [0.29, 0.717) is 0 Å². The number of hydrogen-bond acceptors (Lipinski definition) is 2. The van der Waals surface area contributed by atoms with Crippen molar-refractivity contribution in [1.82, 2.24) is 4.90 Å². The third-order valence-corrected chi connectivity index (χ3v) is 5.92. The Balaban J connectivity index is 2.19. The molecule has 0 radical (unpaired) electrons. The molecular formula is C16H16ClF3N2OS. The van der Waals surface area contributed by atoms with Crippen LogP contribution in [0.15, 0.2) is 30.9 Å². The molecule has 0 bridgehead atoms. The summed E-state index contributed by atoms with van der Waals surface area (Å²) < 4.78 is 40.4. The van der Waals surface area contributed by atoms with Gasteiger partial charge in [-0.25, -0.2) is 4.79 Å². The predicted octanol–water partition coefficient (Wildman–Crippen LogP) is 5.03. The van der Waals surface area contributed by atoms with Crippen molar-refractivity contribution < 1.29 is 18.0 Å². The Morgan fingerprint density at radius 3 is 2.75 bits per heavy atom. The first-order valence-electron chi connectivity index (χ1n) is 7.48. The maximum atomic E-state index is 14.2. The summed E-state index contributed by atoms with van der Waals surface area (Å²) in [6.07, 6.45) is -1.67. The van der Waals surface area contributed by atoms with Gasteiger partial charge >= 0.3 is 12.2 Å². The number of amides is 2. The first kappa shape index (κ1) is 17.5. The van der Waals surface area contributed by atoms with Gasteiger partial charge in [-0.3, -0.25) is 0 Å². The average molecular weight is 377 g/mol. The van der Waals surface area contributed by atoms with Crippen LogP contribution in [-0.2, 0) is 4.75 Å². The Labute approximate surface area is 147 Å². The van der Waals surface area contributed by atoms with Gasteiger partial charge in [0.15, 0.2) is 4.75 Å². The van der Waals surface area contributed by atoms with Crippen molar-refractivity contribution in [3.05, 3.63) is 41.4 Å². The molecule has 1 N–H and O–H groups in total. The number of benzene rings is 1. The van der Waals surface area contributed by atoms with E-state index in [-0.39, 0.29) is 28.1 Å². The minimum atomic E-state index is -4.56. The summed E-state index contributed by atoms with van der Waals surface area (Å²) in [5.41, 5.74) is 0.146. The standard InChI is InChI=1S/C16H16ClF3N2OS/c1-2-7-24-15(16(18,19)20)9-22(11-4-5-11)14(23)21-13-6-3-10(17)8-12(13)15/h2-3,6,8,11H,1,4-5,7,9H2,(H,21,23). The molecule has 130 valence electrons. The van der Waals surface area contributed by atoms with E-state index in [4.69, 9.17) is 11.6 Å². The number of fused-ring (bicyclic) bond motifs is 1. The van der Waals surface area contributed by atoms with Crippen LogP contribution >= 0.6 is 23.4 Å². The summed E-state index contributed by atoms with van der Waals surface area (Å²) in [5, 5.41) is 2.82. The second-order valence-corrected chi connectivity index (χ2v) is 7.66. The molecule has 1 aliphatic heterocycles. The highest BCUT2D eigenvalue weighted by molar-refractivity contribution is 8.00. The number of rotatable bonds is 4. The number of urea groups is 1. The van der Waals surface area contributed by atoms with Crippen molar-refractivity contribution in [3.8, 4) is 0 Å². The van der Waals surface area contributed by atoms with Gasteiger partial charge in [0.25, 0.3) is 0 Å². The molecule has 1 aromatic rings. The second kappa shape index (κ2) is 6.19. The highest BCUT2D eigenvalue weighted by Gasteiger charge is 2.60. The van der Waals surface area contributed by atoms with Crippen LogP contribution in [0.3, 0.4) is 0 Å². The molecule has 1 saturated carbocycles. The molecule has 0 spiro atoms. The zero-order valence-electron chi connectivity index (χ0n) is 12.7. The van der Waals surface area contributed by atoms with Crippen molar-refractivity contribution in [2.45, 2.75) is 29.8 Å². The van der Waals surface area contributed by atoms with Crippen LogP contribution in [0, 0.1) is 0 Å². The molecule has 1 atom stereocenters. The Kier molecular flexibility index (Phi) is 4.51. The van der Waals surface area contributed by atoms with Crippen LogP contribution in [0.4, 0.5) is 23.7 Å². The summed E-state index contributed by atoms with van der Waals surface area (Å²) in [5.74, 6) is 0.109. The molecule has 1 heterocycles. The normalized spacial score (nSPS) is 24.2. The predicted molar refractivity (Wildman–Crippen MR) is 90.6 cm³/mol. The second-order valence-electron chi connectivity index (χ2n) is 5.90. The summed E-state index contributed by atoms with van der Waals surface area (Å²) in [4.78, 5) is 13.7. The number of nitrogens with zero attached hydrogens (tertiary/aromatic N) is 1. The van der Waals surface area contributed by atoms with Crippen molar-refractivity contribution in [2.24, 2.45) is 0 Å². The molecule has 0 saturated heterocycles. The van der Waals surface area contributed by atoms with Crippen LogP contribution in [0.1, 0.15) is 18.4 Å². The molecule has 3 nitrogen and oxygen atoms in total. The molecule has 3 rings (SSSR count). The van der Waals surface area contributed by atoms with E-state index in [0.717, 1.165) is 24.6 Å². The minimum Gasteiger partial charge on any atom is -0.319 e. The van der Waals surface area contributed by atoms with E-state index in [2.05, 4.69) is 11.9 Å². The number of nitrogens with one attached hydrogen (secondary N) is 1. The molecule has 0 aromatic heterocycles. The highest BCUT2D eigenvalue weighted by Crippen LogP contribution is 2.54. The molecule has 1 fully saturated rings. The fourth-order valence-electron chi connectivity index (χ4n) is 2.87. The van der Waals surface area contributed by atoms with E-state index in [9.17, 15) is 18.0 Å². The monoisotopic (exact) mass is 376 g/mol. The highest BCUT2D eigenvalue weighted by atomic mass is 35.5. The van der Waals surface area contributed by atoms with Gasteiger partial charge < -0.3 is 10.2 Å². The Bertz CT molecular complexity index is 678. The Hall–Kier alpha value is -1.34. The van der Waals surface area contributed by atoms with E-state index >= 15 is 0 Å². The molecule has 1 aliphatic carbocycles. The number of carbonyl (C=O) groups is 1. The van der Waals surface area contributed by atoms with E-state index in [1.165, 1.54) is 29.2 Å². The van der Waals surface area contributed by atoms with Gasteiger partial charge in [0.1, 0.15) is 0 Å². The first-order valence-corrected chi connectivity index (χ1v) is 8.84. The lowest BCUT2D eigenvalue weighted by Gasteiger charge is -2.37. The van der Waals surface area contributed by atoms with Gasteiger partial charge in [0.2, 0.25) is 0 Å². The number of alkyl halides is 3. The fraction of sp³-hybridized carbons (Fsp3) is 0.438. The third-order valence-electron chi connectivity index (χ3n) is 4.21. The van der Waals surface area contributed by atoms with Gasteiger partial charge in [-0.15, -0.1) is 18.3 Å². The van der Waals surface area contributed by atoms with E-state index in [1.807, 2.05) is 0 Å². The zero-order valence-corrected chi connectivity index (χ0v) is 14.3. The first-order chi connectivity index (χ1) is 11.3. The quantitative estimate of drug-likeness (QED) is 0.748. The molecule has 2 amide bonds. The van der Waals surface area contributed by atoms with Crippen molar-refractivity contribution >= 4 is 35.1 Å². The Morgan fingerprint density at radius 1 is 1.46 bits per heavy atom. The molecule has 1 unspecified atom stereocenters. The maximum Gasteiger partial charge on any atom is 0.409 e. The fourth-order valence-corrected chi connectivity index (χ4v) is 4.17. The zero-order chi connectivity index (χ0) is 17.5. The number of halogens is 4. The van der Waals surface area contributed by atoms with E-state index < -0.39 is 23.5 Å². The van der Waals surface area contributed by atoms with Gasteiger partial charge in [0, 0.05) is 28.1 Å². The molecule has 8 heteroatoms. The summed E-state index contributed by atoms with van der Waals surface area (Å²) in [6.45, 7) is 3.09. The number of carbonyl (C=O) groups excluding carboxylic acids is 1. The van der Waals surface area contributed by atoms with Gasteiger partial charge in [-0.1, -0.05) is 17.7 Å². The van der Waals surface area contributed by atoms with Crippen LogP contribution in [0.5, 0.6) is 0 Å². The smallest absolute Gasteiger partial charge is 0.319 e. The van der Waals surface area contributed by atoms with Gasteiger partial charge in [-0.05, 0) is 31.0 Å². The van der Waals surface area contributed by atoms with Crippen molar-refractivity contribution in [2.75, 3.05) is 17.6 Å². The van der Waals surface area contributed by atoms with Gasteiger partial charge in [-0.2, -0.15) is 13.2 Å². The molecule has 24 heavy (non-hydrogen) atoms. The topological polar surface area (TPSA) is 32.3 Å². The number of thioether (sulfide) groups is 1. The number of hydrogen-bond donors (Lipinski definition) is 1. The lowest BCUT2D eigenvalue weighted by atomic mass is 9.95. The van der Waals surface area contributed by atoms with Crippen LogP contribution in [0.2, 0.25) is 5.02 Å². The Morgan fingerprint density at radius 2 is 2.17 bits per heavy atom. The lowest BCUT2D eigenvalue weighted by molar-refractivity contribution is -0.164. The van der Waals surface area contributed by atoms with E-state index in [1.54, 1.807) is 0 Å². The average Bonchev–Trinajstić information content (AvgIpc) is 3.32. The maximum absolute atomic E-state index is 14.2. The molecule has 2 aliphatic rings. The number of anilines is 1. The van der Waals surface area contributed by atoms with Crippen LogP contribution in [-0.4, -0.2) is 35.4 Å². The molecular weight excluding hydrogens is 361 g/mol. The van der Waals surface area contributed by atoms with Crippen molar-refractivity contribution in [3.63, 3.8) is 0 Å². The summed E-state index contributed by atoms with van der Waals surface area (Å²) in [7, 11) is 0. The molecule has 1 aromatic carbocycles. The van der Waals surface area contributed by atoms with Crippen LogP contribution < -0.4 is 5.32 Å². The summed E-state index contributed by atoms with van der Waals surface area (Å²) in [6, 6.07) is 3.58. The largest absolute Gasteiger partial charge is 0.409 e. The lowest BCUT2D eigenvalue weighted by Crippen LogP contribution is -2.50. The van der Waals surface area contributed by atoms with Crippen molar-refractivity contribution in [1.29, 1.82) is 0 Å². The summed E-state index contributed by atoms with van der Waals surface area (Å²) >= 11 is 6.70.